The molecule has 2 aliphatic heterocycles. The number of rotatable bonds is 8. The number of benzene rings is 1. The summed E-state index contributed by atoms with van der Waals surface area (Å²) in [5.74, 6) is 1.85. The molecule has 170 valence electrons. The molecule has 1 aromatic carbocycles. The molecule has 0 spiro atoms. The minimum Gasteiger partial charge on any atom is -0.356 e. The van der Waals surface area contributed by atoms with E-state index in [-0.39, 0.29) is 24.0 Å². The average Bonchev–Trinajstić information content (AvgIpc) is 2.75. The number of hydrogen-bond acceptors (Lipinski definition) is 3. The van der Waals surface area contributed by atoms with Gasteiger partial charge in [0, 0.05) is 45.8 Å². The molecule has 2 saturated heterocycles. The van der Waals surface area contributed by atoms with Crippen LogP contribution in [0.1, 0.15) is 51.0 Å². The van der Waals surface area contributed by atoms with E-state index in [1.54, 1.807) is 0 Å². The predicted molar refractivity (Wildman–Crippen MR) is 139 cm³/mol. The standard InChI is InChI=1S/C24H41N5.HI/c1-21-9-8-16-28(19-21)15-7-6-14-26-24(25-2)27-23-12-17-29(18-13-23)20-22-10-4-3-5-11-22;/h3-5,10-11,21,23H,6-9,12-20H2,1-2H3,(H2,25,26,27);1H. The molecule has 1 atom stereocenters. The van der Waals surface area contributed by atoms with Gasteiger partial charge in [-0.1, -0.05) is 37.3 Å². The number of unbranched alkanes of at least 4 members (excludes halogenated alkanes) is 1. The molecule has 5 nitrogen and oxygen atoms in total. The van der Waals surface area contributed by atoms with Crippen molar-refractivity contribution < 1.29 is 0 Å². The molecular formula is C24H42IN5. The van der Waals surface area contributed by atoms with E-state index in [4.69, 9.17) is 0 Å². The molecule has 2 fully saturated rings. The lowest BCUT2D eigenvalue weighted by Gasteiger charge is -2.33. The lowest BCUT2D eigenvalue weighted by molar-refractivity contribution is 0.181. The second-order valence-electron chi connectivity index (χ2n) is 8.93. The molecule has 1 unspecified atom stereocenters. The van der Waals surface area contributed by atoms with Crippen LogP contribution in [0.25, 0.3) is 0 Å². The van der Waals surface area contributed by atoms with Crippen LogP contribution in [-0.4, -0.2) is 68.1 Å². The first-order chi connectivity index (χ1) is 14.2. The van der Waals surface area contributed by atoms with Gasteiger partial charge in [0.25, 0.3) is 0 Å². The van der Waals surface area contributed by atoms with E-state index in [0.29, 0.717) is 6.04 Å². The van der Waals surface area contributed by atoms with Gasteiger partial charge in [-0.05, 0) is 63.1 Å². The average molecular weight is 528 g/mol. The highest BCUT2D eigenvalue weighted by atomic mass is 127. The largest absolute Gasteiger partial charge is 0.356 e. The lowest BCUT2D eigenvalue weighted by atomic mass is 10.0. The van der Waals surface area contributed by atoms with E-state index >= 15 is 0 Å². The number of hydrogen-bond donors (Lipinski definition) is 2. The molecule has 0 saturated carbocycles. The molecule has 0 bridgehead atoms. The maximum absolute atomic E-state index is 4.44. The Bertz CT molecular complexity index is 601. The Morgan fingerprint density at radius 3 is 2.50 bits per heavy atom. The lowest BCUT2D eigenvalue weighted by Crippen LogP contribution is -2.48. The Morgan fingerprint density at radius 2 is 1.80 bits per heavy atom. The van der Waals surface area contributed by atoms with Gasteiger partial charge in [-0.3, -0.25) is 9.89 Å². The molecule has 2 heterocycles. The maximum Gasteiger partial charge on any atom is 0.191 e. The van der Waals surface area contributed by atoms with Crippen molar-refractivity contribution in [3.8, 4) is 0 Å². The number of likely N-dealkylation sites (tertiary alicyclic amines) is 2. The first-order valence-corrected chi connectivity index (χ1v) is 11.7. The molecule has 0 aromatic heterocycles. The minimum absolute atomic E-state index is 0. The van der Waals surface area contributed by atoms with Crippen molar-refractivity contribution in [2.75, 3.05) is 46.3 Å². The summed E-state index contributed by atoms with van der Waals surface area (Å²) in [6.45, 7) is 10.6. The Labute approximate surface area is 201 Å². The topological polar surface area (TPSA) is 42.9 Å². The predicted octanol–water partition coefficient (Wildman–Crippen LogP) is 3.95. The third-order valence-corrected chi connectivity index (χ3v) is 6.34. The van der Waals surface area contributed by atoms with Gasteiger partial charge < -0.3 is 15.5 Å². The zero-order chi connectivity index (χ0) is 20.3. The van der Waals surface area contributed by atoms with Crippen molar-refractivity contribution in [3.63, 3.8) is 0 Å². The summed E-state index contributed by atoms with van der Waals surface area (Å²) >= 11 is 0. The summed E-state index contributed by atoms with van der Waals surface area (Å²) in [7, 11) is 1.88. The smallest absolute Gasteiger partial charge is 0.191 e. The fourth-order valence-electron chi connectivity index (χ4n) is 4.62. The summed E-state index contributed by atoms with van der Waals surface area (Å²) in [6, 6.07) is 11.3. The molecule has 0 amide bonds. The Balaban J connectivity index is 0.00000320. The number of halogens is 1. The maximum atomic E-state index is 4.44. The second-order valence-corrected chi connectivity index (χ2v) is 8.93. The highest BCUT2D eigenvalue weighted by Crippen LogP contribution is 2.16. The van der Waals surface area contributed by atoms with Crippen LogP contribution >= 0.6 is 24.0 Å². The summed E-state index contributed by atoms with van der Waals surface area (Å²) in [5.41, 5.74) is 1.41. The van der Waals surface area contributed by atoms with Crippen LogP contribution in [0.3, 0.4) is 0 Å². The third kappa shape index (κ3) is 9.10. The number of guanidine groups is 1. The summed E-state index contributed by atoms with van der Waals surface area (Å²) in [5, 5.41) is 7.16. The molecule has 3 rings (SSSR count). The van der Waals surface area contributed by atoms with E-state index in [2.05, 4.69) is 62.7 Å². The van der Waals surface area contributed by atoms with Gasteiger partial charge in [-0.25, -0.2) is 0 Å². The van der Waals surface area contributed by atoms with Gasteiger partial charge in [-0.15, -0.1) is 24.0 Å². The van der Waals surface area contributed by atoms with Gasteiger partial charge in [0.2, 0.25) is 0 Å². The minimum atomic E-state index is 0. The van der Waals surface area contributed by atoms with Crippen molar-refractivity contribution in [2.45, 2.75) is 58.0 Å². The number of aliphatic imine (C=N–C) groups is 1. The Morgan fingerprint density at radius 1 is 1.03 bits per heavy atom. The molecule has 0 radical (unpaired) electrons. The van der Waals surface area contributed by atoms with Crippen LogP contribution in [0.4, 0.5) is 0 Å². The van der Waals surface area contributed by atoms with E-state index in [1.807, 2.05) is 7.05 Å². The van der Waals surface area contributed by atoms with Gasteiger partial charge in [-0.2, -0.15) is 0 Å². The van der Waals surface area contributed by atoms with Crippen molar-refractivity contribution in [1.82, 2.24) is 20.4 Å². The van der Waals surface area contributed by atoms with Gasteiger partial charge in [0.15, 0.2) is 5.96 Å². The first-order valence-electron chi connectivity index (χ1n) is 11.7. The van der Waals surface area contributed by atoms with Crippen LogP contribution in [0, 0.1) is 5.92 Å². The van der Waals surface area contributed by atoms with Crippen LogP contribution in [0.15, 0.2) is 35.3 Å². The van der Waals surface area contributed by atoms with Crippen molar-refractivity contribution in [1.29, 1.82) is 0 Å². The Kier molecular flexibility index (Phi) is 12.1. The van der Waals surface area contributed by atoms with Crippen LogP contribution in [0.5, 0.6) is 0 Å². The molecule has 1 aromatic rings. The first kappa shape index (κ1) is 25.4. The molecule has 0 aliphatic carbocycles. The van der Waals surface area contributed by atoms with E-state index in [1.165, 1.54) is 63.7 Å². The van der Waals surface area contributed by atoms with Gasteiger partial charge in [0.1, 0.15) is 0 Å². The molecular weight excluding hydrogens is 485 g/mol. The van der Waals surface area contributed by atoms with Crippen molar-refractivity contribution in [2.24, 2.45) is 10.9 Å². The zero-order valence-corrected chi connectivity index (χ0v) is 21.3. The van der Waals surface area contributed by atoms with Crippen LogP contribution in [-0.2, 0) is 6.54 Å². The monoisotopic (exact) mass is 527 g/mol. The number of nitrogens with zero attached hydrogens (tertiary/aromatic N) is 3. The normalized spacial score (nSPS) is 21.8. The number of nitrogens with one attached hydrogen (secondary N) is 2. The van der Waals surface area contributed by atoms with Gasteiger partial charge in [0.05, 0.1) is 0 Å². The highest BCUT2D eigenvalue weighted by Gasteiger charge is 2.20. The van der Waals surface area contributed by atoms with Crippen LogP contribution in [0.2, 0.25) is 0 Å². The molecule has 2 N–H and O–H groups in total. The summed E-state index contributed by atoms with van der Waals surface area (Å²) < 4.78 is 0. The van der Waals surface area contributed by atoms with Gasteiger partial charge >= 0.3 is 0 Å². The van der Waals surface area contributed by atoms with E-state index in [0.717, 1.165) is 38.1 Å². The van der Waals surface area contributed by atoms with Crippen molar-refractivity contribution >= 4 is 29.9 Å². The molecule has 2 aliphatic rings. The summed E-state index contributed by atoms with van der Waals surface area (Å²) in [4.78, 5) is 9.64. The zero-order valence-electron chi connectivity index (χ0n) is 19.0. The quantitative estimate of drug-likeness (QED) is 0.233. The fraction of sp³-hybridized carbons (Fsp3) is 0.708. The molecule has 6 heteroatoms. The third-order valence-electron chi connectivity index (χ3n) is 6.34. The van der Waals surface area contributed by atoms with Crippen LogP contribution < -0.4 is 10.6 Å². The van der Waals surface area contributed by atoms with E-state index in [9.17, 15) is 0 Å². The highest BCUT2D eigenvalue weighted by molar-refractivity contribution is 14.0. The van der Waals surface area contributed by atoms with Crippen molar-refractivity contribution in [3.05, 3.63) is 35.9 Å². The Hall–Kier alpha value is -0.860. The number of piperidine rings is 2. The van der Waals surface area contributed by atoms with E-state index < -0.39 is 0 Å². The second kappa shape index (κ2) is 14.2. The SMILES string of the molecule is CN=C(NCCCCN1CCCC(C)C1)NC1CCN(Cc2ccccc2)CC1.I. The fourth-order valence-corrected chi connectivity index (χ4v) is 4.62. The molecule has 30 heavy (non-hydrogen) atoms. The summed E-state index contributed by atoms with van der Waals surface area (Å²) in [6.07, 6.45) is 7.63.